The quantitative estimate of drug-likeness (QED) is 0.343. The summed E-state index contributed by atoms with van der Waals surface area (Å²) < 4.78 is -0.413. The van der Waals surface area contributed by atoms with Gasteiger partial charge in [0.2, 0.25) is 0 Å². The Morgan fingerprint density at radius 1 is 0.793 bits per heavy atom. The van der Waals surface area contributed by atoms with E-state index >= 15 is 0 Å². The van der Waals surface area contributed by atoms with Gasteiger partial charge in [-0.05, 0) is 38.7 Å². The van der Waals surface area contributed by atoms with Crippen molar-refractivity contribution in [2.24, 2.45) is 4.99 Å². The maximum Gasteiger partial charge on any atom is 0.166 e. The predicted molar refractivity (Wildman–Crippen MR) is 126 cm³/mol. The predicted octanol–water partition coefficient (Wildman–Crippen LogP) is 6.44. The monoisotopic (exact) mass is 413 g/mol. The zero-order valence-corrected chi connectivity index (χ0v) is 17.3. The van der Waals surface area contributed by atoms with E-state index in [4.69, 9.17) is 0 Å². The highest BCUT2D eigenvalue weighted by molar-refractivity contribution is 8.29. The van der Waals surface area contributed by atoms with Crippen LogP contribution in [-0.2, 0) is 9.54 Å². The molecule has 1 heterocycles. The van der Waals surface area contributed by atoms with E-state index in [-0.39, 0.29) is 0 Å². The number of nitrogens with zero attached hydrogens (tertiary/aromatic N) is 1. The Labute approximate surface area is 177 Å². The summed E-state index contributed by atoms with van der Waals surface area (Å²) in [6, 6.07) is 31.6. The van der Waals surface area contributed by atoms with Crippen LogP contribution in [-0.4, -0.2) is 10.8 Å². The first-order valence-electron chi connectivity index (χ1n) is 9.20. The van der Waals surface area contributed by atoms with Crippen LogP contribution in [0.2, 0.25) is 0 Å². The average Bonchev–Trinajstić information content (AvgIpc) is 3.26. The molecule has 142 valence electrons. The fraction of sp³-hybridized carbons (Fsp3) is 0.0400. The summed E-state index contributed by atoms with van der Waals surface area (Å²) in [5.41, 5.74) is 5.25. The molecule has 1 atom stereocenters. The van der Waals surface area contributed by atoms with Crippen LogP contribution >= 0.6 is 22.2 Å². The average molecular weight is 414 g/mol. The van der Waals surface area contributed by atoms with Gasteiger partial charge >= 0.3 is 0 Å². The van der Waals surface area contributed by atoms with Crippen molar-refractivity contribution >= 4 is 33.0 Å². The molecule has 0 spiro atoms. The summed E-state index contributed by atoms with van der Waals surface area (Å²) >= 11 is 1.73. The van der Waals surface area contributed by atoms with E-state index in [0.29, 0.717) is 0 Å². The van der Waals surface area contributed by atoms with Gasteiger partial charge in [0.15, 0.2) is 5.23 Å². The second kappa shape index (κ2) is 9.06. The lowest BCUT2D eigenvalue weighted by Gasteiger charge is -2.34. The molecule has 0 bridgehead atoms. The number of rotatable bonds is 6. The first-order valence-corrected chi connectivity index (χ1v) is 11.4. The molecule has 3 aromatic rings. The van der Waals surface area contributed by atoms with Crippen LogP contribution in [0.4, 0.5) is 0 Å². The summed E-state index contributed by atoms with van der Waals surface area (Å²) in [4.78, 5) is 16.2. The normalized spacial score (nSPS) is 16.0. The first kappa shape index (κ1) is 19.4. The fourth-order valence-corrected chi connectivity index (χ4v) is 5.55. The Kier molecular flexibility index (Phi) is 6.06. The fourth-order valence-electron chi connectivity index (χ4n) is 3.39. The number of allylic oxidation sites excluding steroid dienone is 1. The van der Waals surface area contributed by atoms with Gasteiger partial charge in [0.25, 0.3) is 0 Å². The van der Waals surface area contributed by atoms with Gasteiger partial charge in [0, 0.05) is 11.1 Å². The Hall–Kier alpha value is -2.91. The summed E-state index contributed by atoms with van der Waals surface area (Å²) in [7, 11) is -0.670. The Morgan fingerprint density at radius 3 is 1.72 bits per heavy atom. The van der Waals surface area contributed by atoms with Crippen molar-refractivity contribution in [1.82, 2.24) is 0 Å². The molecular formula is C25H19NOS2. The molecule has 4 rings (SSSR count). The van der Waals surface area contributed by atoms with Gasteiger partial charge in [-0.1, -0.05) is 91.0 Å². The third-order valence-electron chi connectivity index (χ3n) is 4.73. The molecular weight excluding hydrogens is 394 g/mol. The highest BCUT2D eigenvalue weighted by Gasteiger charge is 2.36. The number of thioether (sulfide) groups is 1. The lowest BCUT2D eigenvalue weighted by Crippen LogP contribution is -2.24. The van der Waals surface area contributed by atoms with Gasteiger partial charge in [0.05, 0.1) is 10.3 Å². The molecule has 0 aliphatic carbocycles. The lowest BCUT2D eigenvalue weighted by molar-refractivity contribution is 0.572. The van der Waals surface area contributed by atoms with E-state index in [9.17, 15) is 4.79 Å². The third kappa shape index (κ3) is 3.96. The van der Waals surface area contributed by atoms with Crippen molar-refractivity contribution in [3.63, 3.8) is 0 Å². The molecule has 0 fully saturated rings. The Bertz CT molecular complexity index is 1020. The van der Waals surface area contributed by atoms with E-state index in [1.807, 2.05) is 24.3 Å². The van der Waals surface area contributed by atoms with Crippen LogP contribution in [0, 0.1) is 0 Å². The number of hydrogen-bond donors (Lipinski definition) is 0. The van der Waals surface area contributed by atoms with Crippen molar-refractivity contribution in [3.8, 4) is 0 Å². The van der Waals surface area contributed by atoms with Crippen LogP contribution in [0.5, 0.6) is 0 Å². The molecule has 0 amide bonds. The number of carbonyl (C=O) groups excluding carboxylic acids is 1. The van der Waals surface area contributed by atoms with Gasteiger partial charge < -0.3 is 0 Å². The molecule has 2 nitrogen and oxygen atoms in total. The molecule has 0 aromatic heterocycles. The van der Waals surface area contributed by atoms with Crippen molar-refractivity contribution in [2.45, 2.75) is 4.75 Å². The minimum atomic E-state index is -0.670. The van der Waals surface area contributed by atoms with Crippen molar-refractivity contribution in [1.29, 1.82) is 0 Å². The lowest BCUT2D eigenvalue weighted by atomic mass is 9.84. The second-order valence-corrected chi connectivity index (χ2v) is 9.05. The van der Waals surface area contributed by atoms with E-state index in [1.165, 1.54) is 16.7 Å². The minimum Gasteiger partial charge on any atom is -0.256 e. The zero-order chi connectivity index (χ0) is 19.9. The molecule has 3 aromatic carbocycles. The van der Waals surface area contributed by atoms with Crippen LogP contribution in [0.1, 0.15) is 16.7 Å². The summed E-state index contributed by atoms with van der Waals surface area (Å²) in [5.74, 6) is 0. The highest BCUT2D eigenvalue weighted by atomic mass is 32.2. The largest absolute Gasteiger partial charge is 0.256 e. The molecule has 0 saturated carbocycles. The molecule has 1 aliphatic heterocycles. The number of aliphatic imine (C=N–C) groups is 1. The molecule has 1 unspecified atom stereocenters. The molecule has 1 aliphatic rings. The van der Waals surface area contributed by atoms with E-state index in [0.717, 1.165) is 4.91 Å². The van der Waals surface area contributed by atoms with Crippen LogP contribution in [0.3, 0.4) is 0 Å². The van der Waals surface area contributed by atoms with Gasteiger partial charge in [-0.3, -0.25) is 4.99 Å². The van der Waals surface area contributed by atoms with E-state index < -0.39 is 15.2 Å². The van der Waals surface area contributed by atoms with Crippen LogP contribution < -0.4 is 0 Å². The highest BCUT2D eigenvalue weighted by Crippen LogP contribution is 2.49. The third-order valence-corrected chi connectivity index (χ3v) is 7.32. The van der Waals surface area contributed by atoms with Crippen LogP contribution in [0.15, 0.2) is 119 Å². The first-order chi connectivity index (χ1) is 14.3. The maximum atomic E-state index is 11.2. The Morgan fingerprint density at radius 2 is 1.28 bits per heavy atom. The van der Waals surface area contributed by atoms with Gasteiger partial charge in [-0.25, -0.2) is 4.79 Å². The topological polar surface area (TPSA) is 29.4 Å². The van der Waals surface area contributed by atoms with Crippen LogP contribution in [0.25, 0.3) is 0 Å². The molecule has 0 N–H and O–H groups in total. The molecule has 4 heteroatoms. The molecule has 0 radical (unpaired) electrons. The second-order valence-electron chi connectivity index (χ2n) is 6.41. The summed E-state index contributed by atoms with van der Waals surface area (Å²) in [6.45, 7) is 0. The SMILES string of the molecule is O=C=S1C=NC=C1/C=C\SC(c1ccccc1)(c1ccccc1)c1ccccc1. The maximum absolute atomic E-state index is 11.2. The van der Waals surface area contributed by atoms with E-state index in [2.05, 4.69) is 88.4 Å². The van der Waals surface area contributed by atoms with Gasteiger partial charge in [0.1, 0.15) is 0 Å². The Balaban J connectivity index is 1.85. The zero-order valence-electron chi connectivity index (χ0n) is 15.6. The smallest absolute Gasteiger partial charge is 0.166 e. The summed E-state index contributed by atoms with van der Waals surface area (Å²) in [6.07, 6.45) is 3.72. The number of benzene rings is 3. The van der Waals surface area contributed by atoms with Crippen molar-refractivity contribution < 1.29 is 4.79 Å². The molecule has 0 saturated heterocycles. The minimum absolute atomic E-state index is 0.413. The standard InChI is InChI=1S/C25H19NOS2/c27-20-29-19-26-18-24(29)16-17-28-25(21-10-4-1-5-11-21,22-12-6-2-7-13-22)23-14-8-3-9-15-23/h1-19H/b17-16-. The van der Waals surface area contributed by atoms with Crippen molar-refractivity contribution in [2.75, 3.05) is 0 Å². The van der Waals surface area contributed by atoms with Gasteiger partial charge in [-0.15, -0.1) is 11.8 Å². The number of hydrogen-bond acceptors (Lipinski definition) is 3. The summed E-state index contributed by atoms with van der Waals surface area (Å²) in [5, 5.41) is 4.13. The van der Waals surface area contributed by atoms with Crippen molar-refractivity contribution in [3.05, 3.63) is 130 Å². The van der Waals surface area contributed by atoms with Gasteiger partial charge in [-0.2, -0.15) is 0 Å². The molecule has 29 heavy (non-hydrogen) atoms. The van der Waals surface area contributed by atoms with E-state index in [1.54, 1.807) is 23.5 Å².